The Hall–Kier alpha value is -1.69. The molecule has 0 unspecified atom stereocenters. The number of hydrogen-bond acceptors (Lipinski definition) is 3. The Morgan fingerprint density at radius 1 is 1.26 bits per heavy atom. The average Bonchev–Trinajstić information content (AvgIpc) is 2.76. The highest BCUT2D eigenvalue weighted by Crippen LogP contribution is 2.26. The van der Waals surface area contributed by atoms with Gasteiger partial charge in [0.2, 0.25) is 5.91 Å². The molecule has 1 aromatic rings. The van der Waals surface area contributed by atoms with Crippen LogP contribution in [0.1, 0.15) is 46.9 Å². The maximum atomic E-state index is 12.4. The number of carbonyl (C=O) groups excluding carboxylic acids is 3. The van der Waals surface area contributed by atoms with Crippen molar-refractivity contribution < 1.29 is 14.4 Å². The van der Waals surface area contributed by atoms with E-state index in [2.05, 4.69) is 22.9 Å². The molecule has 2 aliphatic heterocycles. The second kappa shape index (κ2) is 6.43. The number of fused-ring (bicyclic) bond motifs is 1. The summed E-state index contributed by atoms with van der Waals surface area (Å²) in [5, 5.41) is 0. The topological polar surface area (TPSA) is 57.7 Å². The summed E-state index contributed by atoms with van der Waals surface area (Å²) in [6.07, 6.45) is 2.37. The quantitative estimate of drug-likeness (QED) is 0.759. The number of likely N-dealkylation sites (tertiary alicyclic amines) is 1. The molecule has 1 fully saturated rings. The van der Waals surface area contributed by atoms with Crippen LogP contribution in [0.2, 0.25) is 0 Å². The molecule has 0 saturated carbocycles. The molecule has 0 aliphatic carbocycles. The molecule has 2 aliphatic rings. The lowest BCUT2D eigenvalue weighted by atomic mass is 10.00. The summed E-state index contributed by atoms with van der Waals surface area (Å²) in [4.78, 5) is 40.0. The number of amides is 3. The van der Waals surface area contributed by atoms with Crippen LogP contribution in [0.4, 0.5) is 0 Å². The van der Waals surface area contributed by atoms with E-state index < -0.39 is 0 Å². The molecule has 1 aromatic carbocycles. The summed E-state index contributed by atoms with van der Waals surface area (Å²) >= 11 is 3.31. The van der Waals surface area contributed by atoms with Crippen molar-refractivity contribution in [2.75, 3.05) is 19.6 Å². The molecular weight excluding hydrogens is 360 g/mol. The van der Waals surface area contributed by atoms with E-state index in [1.54, 1.807) is 18.2 Å². The fourth-order valence-electron chi connectivity index (χ4n) is 3.25. The van der Waals surface area contributed by atoms with Crippen LogP contribution in [-0.2, 0) is 4.79 Å². The Balaban J connectivity index is 1.64. The zero-order chi connectivity index (χ0) is 16.6. The van der Waals surface area contributed by atoms with E-state index in [1.165, 1.54) is 4.90 Å². The predicted molar refractivity (Wildman–Crippen MR) is 89.1 cm³/mol. The number of rotatable bonds is 3. The van der Waals surface area contributed by atoms with Gasteiger partial charge in [-0.15, -0.1) is 0 Å². The van der Waals surface area contributed by atoms with Crippen LogP contribution in [0.5, 0.6) is 0 Å². The van der Waals surface area contributed by atoms with Gasteiger partial charge in [-0.3, -0.25) is 19.3 Å². The molecule has 1 saturated heterocycles. The standard InChI is InChI=1S/C17H19BrN2O3/c1-11-3-2-7-19(10-11)15(21)6-8-20-16(22)13-5-4-12(18)9-14(13)17(20)23/h4-5,9,11H,2-3,6-8,10H2,1H3/t11-/m1/s1. The van der Waals surface area contributed by atoms with E-state index in [0.29, 0.717) is 17.0 Å². The Labute approximate surface area is 143 Å². The predicted octanol–water partition coefficient (Wildman–Crippen LogP) is 2.69. The van der Waals surface area contributed by atoms with Gasteiger partial charge in [-0.1, -0.05) is 22.9 Å². The SMILES string of the molecule is C[C@@H]1CCCN(C(=O)CCN2C(=O)c3ccc(Br)cc3C2=O)C1. The van der Waals surface area contributed by atoms with Crippen LogP contribution >= 0.6 is 15.9 Å². The third-order valence-electron chi connectivity index (χ3n) is 4.49. The fraction of sp³-hybridized carbons (Fsp3) is 0.471. The van der Waals surface area contributed by atoms with Gasteiger partial charge in [0.05, 0.1) is 11.1 Å². The average molecular weight is 379 g/mol. The highest BCUT2D eigenvalue weighted by Gasteiger charge is 2.35. The Kier molecular flexibility index (Phi) is 4.53. The van der Waals surface area contributed by atoms with Crippen molar-refractivity contribution >= 4 is 33.7 Å². The molecular formula is C17H19BrN2O3. The van der Waals surface area contributed by atoms with Crippen LogP contribution < -0.4 is 0 Å². The molecule has 0 spiro atoms. The number of benzene rings is 1. The first kappa shape index (κ1) is 16.2. The zero-order valence-electron chi connectivity index (χ0n) is 13.0. The van der Waals surface area contributed by atoms with Gasteiger partial charge in [-0.25, -0.2) is 0 Å². The van der Waals surface area contributed by atoms with Gasteiger partial charge in [-0.05, 0) is 37.0 Å². The van der Waals surface area contributed by atoms with Crippen molar-refractivity contribution in [3.63, 3.8) is 0 Å². The minimum atomic E-state index is -0.314. The van der Waals surface area contributed by atoms with E-state index >= 15 is 0 Å². The smallest absolute Gasteiger partial charge is 0.261 e. The maximum absolute atomic E-state index is 12.4. The maximum Gasteiger partial charge on any atom is 0.261 e. The van der Waals surface area contributed by atoms with E-state index in [9.17, 15) is 14.4 Å². The lowest BCUT2D eigenvalue weighted by molar-refractivity contribution is -0.132. The highest BCUT2D eigenvalue weighted by molar-refractivity contribution is 9.10. The third-order valence-corrected chi connectivity index (χ3v) is 4.98. The highest BCUT2D eigenvalue weighted by atomic mass is 79.9. The molecule has 23 heavy (non-hydrogen) atoms. The van der Waals surface area contributed by atoms with Crippen molar-refractivity contribution in [1.29, 1.82) is 0 Å². The normalized spacial score (nSPS) is 20.9. The lowest BCUT2D eigenvalue weighted by Crippen LogP contribution is -2.41. The van der Waals surface area contributed by atoms with Gasteiger partial charge in [0.25, 0.3) is 11.8 Å². The molecule has 0 N–H and O–H groups in total. The fourth-order valence-corrected chi connectivity index (χ4v) is 3.61. The van der Waals surface area contributed by atoms with E-state index in [4.69, 9.17) is 0 Å². The first-order chi connectivity index (χ1) is 11.0. The molecule has 2 heterocycles. The molecule has 1 atom stereocenters. The van der Waals surface area contributed by atoms with Crippen molar-refractivity contribution in [2.24, 2.45) is 5.92 Å². The van der Waals surface area contributed by atoms with Crippen molar-refractivity contribution in [2.45, 2.75) is 26.2 Å². The van der Waals surface area contributed by atoms with Crippen molar-refractivity contribution in [3.8, 4) is 0 Å². The van der Waals surface area contributed by atoms with Gasteiger partial charge in [0, 0.05) is 30.5 Å². The molecule has 0 bridgehead atoms. The Morgan fingerprint density at radius 3 is 2.74 bits per heavy atom. The molecule has 0 radical (unpaired) electrons. The van der Waals surface area contributed by atoms with Gasteiger partial charge in [0.15, 0.2) is 0 Å². The number of hydrogen-bond donors (Lipinski definition) is 0. The summed E-state index contributed by atoms with van der Waals surface area (Å²) in [6.45, 7) is 3.83. The lowest BCUT2D eigenvalue weighted by Gasteiger charge is -2.31. The molecule has 0 aromatic heterocycles. The summed E-state index contributed by atoms with van der Waals surface area (Å²) in [5.74, 6) is -0.0814. The van der Waals surface area contributed by atoms with Crippen molar-refractivity contribution in [1.82, 2.24) is 9.80 Å². The monoisotopic (exact) mass is 378 g/mol. The number of halogens is 1. The van der Waals surface area contributed by atoms with E-state index in [0.717, 1.165) is 30.4 Å². The summed E-state index contributed by atoms with van der Waals surface area (Å²) in [7, 11) is 0. The van der Waals surface area contributed by atoms with Gasteiger partial charge >= 0.3 is 0 Å². The van der Waals surface area contributed by atoms with Crippen LogP contribution in [0, 0.1) is 5.92 Å². The minimum Gasteiger partial charge on any atom is -0.342 e. The van der Waals surface area contributed by atoms with Crippen molar-refractivity contribution in [3.05, 3.63) is 33.8 Å². The number of piperidine rings is 1. The summed E-state index contributed by atoms with van der Waals surface area (Å²) in [6, 6.07) is 5.05. The molecule has 122 valence electrons. The van der Waals surface area contributed by atoms with Gasteiger partial charge < -0.3 is 4.90 Å². The summed E-state index contributed by atoms with van der Waals surface area (Å²) < 4.78 is 0.762. The largest absolute Gasteiger partial charge is 0.342 e. The Bertz CT molecular complexity index is 674. The molecule has 5 nitrogen and oxygen atoms in total. The second-order valence-corrected chi connectivity index (χ2v) is 7.20. The van der Waals surface area contributed by atoms with Crippen LogP contribution in [-0.4, -0.2) is 47.2 Å². The van der Waals surface area contributed by atoms with Gasteiger partial charge in [0.1, 0.15) is 0 Å². The zero-order valence-corrected chi connectivity index (χ0v) is 14.6. The van der Waals surface area contributed by atoms with Crippen LogP contribution in [0.15, 0.2) is 22.7 Å². The first-order valence-electron chi connectivity index (χ1n) is 7.91. The Morgan fingerprint density at radius 2 is 2.00 bits per heavy atom. The minimum absolute atomic E-state index is 0.0225. The number of carbonyl (C=O) groups is 3. The van der Waals surface area contributed by atoms with E-state index in [-0.39, 0.29) is 30.7 Å². The molecule has 3 amide bonds. The van der Waals surface area contributed by atoms with Gasteiger partial charge in [-0.2, -0.15) is 0 Å². The molecule has 3 rings (SSSR count). The number of nitrogens with zero attached hydrogens (tertiary/aromatic N) is 2. The van der Waals surface area contributed by atoms with E-state index in [1.807, 2.05) is 4.90 Å². The number of imide groups is 1. The second-order valence-electron chi connectivity index (χ2n) is 6.29. The first-order valence-corrected chi connectivity index (χ1v) is 8.70. The van der Waals surface area contributed by atoms with Crippen LogP contribution in [0.25, 0.3) is 0 Å². The summed E-state index contributed by atoms with van der Waals surface area (Å²) in [5.41, 5.74) is 0.820. The molecule has 6 heteroatoms. The van der Waals surface area contributed by atoms with Crippen LogP contribution in [0.3, 0.4) is 0 Å². The third kappa shape index (κ3) is 3.17.